The summed E-state index contributed by atoms with van der Waals surface area (Å²) in [5.41, 5.74) is 3.40. The number of aliphatic hydroxyl groups is 1. The predicted molar refractivity (Wildman–Crippen MR) is 63.7 cm³/mol. The van der Waals surface area contributed by atoms with Crippen molar-refractivity contribution in [2.75, 3.05) is 0 Å². The Morgan fingerprint density at radius 3 is 2.62 bits per heavy atom. The highest BCUT2D eigenvalue weighted by Gasteiger charge is 1.96. The van der Waals surface area contributed by atoms with E-state index in [4.69, 9.17) is 5.11 Å². The van der Waals surface area contributed by atoms with Crippen molar-refractivity contribution in [3.8, 4) is 0 Å². The molecule has 0 saturated carbocycles. The Morgan fingerprint density at radius 1 is 1.06 bits per heavy atom. The second-order valence-corrected chi connectivity index (χ2v) is 3.80. The molecule has 1 aromatic carbocycles. The van der Waals surface area contributed by atoms with Gasteiger partial charge in [0.2, 0.25) is 0 Å². The standard InChI is InChI=1S/C13H16N2O/c16-10-12-3-1-2-11(6-12)7-15-9-13-4-5-14-8-13/h1-6,8,14-16H,7,9-10H2. The zero-order chi connectivity index (χ0) is 11.2. The summed E-state index contributed by atoms with van der Waals surface area (Å²) in [6, 6.07) is 10.0. The molecule has 0 spiro atoms. The number of aromatic nitrogens is 1. The molecule has 0 fully saturated rings. The monoisotopic (exact) mass is 216 g/mol. The molecule has 0 aliphatic rings. The number of nitrogens with one attached hydrogen (secondary N) is 2. The van der Waals surface area contributed by atoms with Crippen molar-refractivity contribution < 1.29 is 5.11 Å². The van der Waals surface area contributed by atoms with Gasteiger partial charge in [0, 0.05) is 25.5 Å². The zero-order valence-electron chi connectivity index (χ0n) is 9.11. The van der Waals surface area contributed by atoms with Crippen LogP contribution in [0.5, 0.6) is 0 Å². The lowest BCUT2D eigenvalue weighted by Gasteiger charge is -2.05. The molecule has 0 saturated heterocycles. The fourth-order valence-electron chi connectivity index (χ4n) is 1.66. The van der Waals surface area contributed by atoms with Gasteiger partial charge in [-0.1, -0.05) is 24.3 Å². The number of aromatic amines is 1. The topological polar surface area (TPSA) is 48.0 Å². The van der Waals surface area contributed by atoms with Crippen LogP contribution in [0.25, 0.3) is 0 Å². The van der Waals surface area contributed by atoms with Crippen LogP contribution in [0.1, 0.15) is 16.7 Å². The maximum absolute atomic E-state index is 9.01. The Morgan fingerprint density at radius 2 is 1.88 bits per heavy atom. The molecule has 16 heavy (non-hydrogen) atoms. The molecule has 0 aliphatic carbocycles. The molecule has 2 aromatic rings. The number of rotatable bonds is 5. The van der Waals surface area contributed by atoms with Gasteiger partial charge < -0.3 is 15.4 Å². The summed E-state index contributed by atoms with van der Waals surface area (Å²) in [6.45, 7) is 1.78. The van der Waals surface area contributed by atoms with Crippen molar-refractivity contribution in [1.29, 1.82) is 0 Å². The summed E-state index contributed by atoms with van der Waals surface area (Å²) in [7, 11) is 0. The molecule has 0 bridgehead atoms. The summed E-state index contributed by atoms with van der Waals surface area (Å²) in [5.74, 6) is 0. The third-order valence-electron chi connectivity index (χ3n) is 2.49. The first-order valence-corrected chi connectivity index (χ1v) is 5.39. The molecular formula is C13H16N2O. The van der Waals surface area contributed by atoms with E-state index in [-0.39, 0.29) is 6.61 Å². The normalized spacial score (nSPS) is 10.6. The van der Waals surface area contributed by atoms with E-state index < -0.39 is 0 Å². The van der Waals surface area contributed by atoms with Crippen molar-refractivity contribution in [3.63, 3.8) is 0 Å². The summed E-state index contributed by atoms with van der Waals surface area (Å²) in [6.07, 6.45) is 3.90. The quantitative estimate of drug-likeness (QED) is 0.713. The van der Waals surface area contributed by atoms with Crippen molar-refractivity contribution in [1.82, 2.24) is 10.3 Å². The van der Waals surface area contributed by atoms with Gasteiger partial charge in [-0.2, -0.15) is 0 Å². The Hall–Kier alpha value is -1.58. The van der Waals surface area contributed by atoms with Crippen LogP contribution in [0, 0.1) is 0 Å². The van der Waals surface area contributed by atoms with Crippen LogP contribution >= 0.6 is 0 Å². The Kier molecular flexibility index (Phi) is 3.75. The van der Waals surface area contributed by atoms with E-state index in [9.17, 15) is 0 Å². The van der Waals surface area contributed by atoms with E-state index in [0.717, 1.165) is 18.7 Å². The molecular weight excluding hydrogens is 200 g/mol. The maximum Gasteiger partial charge on any atom is 0.0681 e. The third-order valence-corrected chi connectivity index (χ3v) is 2.49. The predicted octanol–water partition coefficient (Wildman–Crippen LogP) is 1.80. The van der Waals surface area contributed by atoms with Crippen LogP contribution in [0.2, 0.25) is 0 Å². The van der Waals surface area contributed by atoms with Gasteiger partial charge in [0.05, 0.1) is 6.61 Å². The minimum atomic E-state index is 0.103. The maximum atomic E-state index is 9.01. The molecule has 0 aliphatic heterocycles. The summed E-state index contributed by atoms with van der Waals surface area (Å²) < 4.78 is 0. The Labute approximate surface area is 95.1 Å². The van der Waals surface area contributed by atoms with E-state index in [1.807, 2.05) is 30.6 Å². The molecule has 0 atom stereocenters. The average Bonchev–Trinajstić information content (AvgIpc) is 2.82. The van der Waals surface area contributed by atoms with Gasteiger partial charge in [-0.25, -0.2) is 0 Å². The number of hydrogen-bond acceptors (Lipinski definition) is 2. The first kappa shape index (κ1) is 10.9. The van der Waals surface area contributed by atoms with Crippen molar-refractivity contribution in [2.24, 2.45) is 0 Å². The number of hydrogen-bond donors (Lipinski definition) is 3. The highest BCUT2D eigenvalue weighted by Crippen LogP contribution is 2.05. The fraction of sp³-hybridized carbons (Fsp3) is 0.231. The van der Waals surface area contributed by atoms with Crippen LogP contribution in [0.3, 0.4) is 0 Å². The lowest BCUT2D eigenvalue weighted by atomic mass is 10.1. The van der Waals surface area contributed by atoms with E-state index in [0.29, 0.717) is 0 Å². The first-order valence-electron chi connectivity index (χ1n) is 5.39. The molecule has 2 rings (SSSR count). The van der Waals surface area contributed by atoms with Crippen LogP contribution in [-0.2, 0) is 19.7 Å². The molecule has 1 heterocycles. The second-order valence-electron chi connectivity index (χ2n) is 3.80. The van der Waals surface area contributed by atoms with E-state index in [1.54, 1.807) is 0 Å². The molecule has 0 amide bonds. The molecule has 3 heteroatoms. The van der Waals surface area contributed by atoms with Crippen LogP contribution in [0.4, 0.5) is 0 Å². The smallest absolute Gasteiger partial charge is 0.0681 e. The largest absolute Gasteiger partial charge is 0.392 e. The zero-order valence-corrected chi connectivity index (χ0v) is 9.11. The van der Waals surface area contributed by atoms with Crippen molar-refractivity contribution in [3.05, 3.63) is 59.4 Å². The van der Waals surface area contributed by atoms with E-state index in [1.165, 1.54) is 11.1 Å². The third kappa shape index (κ3) is 2.95. The highest BCUT2D eigenvalue weighted by molar-refractivity contribution is 5.22. The second kappa shape index (κ2) is 5.49. The van der Waals surface area contributed by atoms with Gasteiger partial charge in [0.25, 0.3) is 0 Å². The van der Waals surface area contributed by atoms with Gasteiger partial charge in [-0.15, -0.1) is 0 Å². The number of H-pyrrole nitrogens is 1. The lowest BCUT2D eigenvalue weighted by Crippen LogP contribution is -2.12. The molecule has 0 radical (unpaired) electrons. The lowest BCUT2D eigenvalue weighted by molar-refractivity contribution is 0.281. The Bertz CT molecular complexity index is 423. The van der Waals surface area contributed by atoms with Gasteiger partial charge in [0.1, 0.15) is 0 Å². The first-order chi connectivity index (χ1) is 7.88. The molecule has 3 N–H and O–H groups in total. The molecule has 0 unspecified atom stereocenters. The Balaban J connectivity index is 1.85. The average molecular weight is 216 g/mol. The van der Waals surface area contributed by atoms with Crippen molar-refractivity contribution >= 4 is 0 Å². The van der Waals surface area contributed by atoms with Crippen molar-refractivity contribution in [2.45, 2.75) is 19.7 Å². The summed E-state index contributed by atoms with van der Waals surface area (Å²) in [4.78, 5) is 3.02. The van der Waals surface area contributed by atoms with Crippen LogP contribution in [-0.4, -0.2) is 10.1 Å². The van der Waals surface area contributed by atoms with Gasteiger partial charge >= 0.3 is 0 Å². The van der Waals surface area contributed by atoms with Gasteiger partial charge in [0.15, 0.2) is 0 Å². The van der Waals surface area contributed by atoms with E-state index >= 15 is 0 Å². The van der Waals surface area contributed by atoms with Gasteiger partial charge in [-0.3, -0.25) is 0 Å². The minimum Gasteiger partial charge on any atom is -0.392 e. The molecule has 1 aromatic heterocycles. The molecule has 84 valence electrons. The molecule has 3 nitrogen and oxygen atoms in total. The van der Waals surface area contributed by atoms with Crippen LogP contribution in [0.15, 0.2) is 42.7 Å². The van der Waals surface area contributed by atoms with Crippen LogP contribution < -0.4 is 5.32 Å². The number of benzene rings is 1. The van der Waals surface area contributed by atoms with E-state index in [2.05, 4.69) is 22.4 Å². The SMILES string of the molecule is OCc1cccc(CNCc2cc[nH]c2)c1. The highest BCUT2D eigenvalue weighted by atomic mass is 16.3. The fourth-order valence-corrected chi connectivity index (χ4v) is 1.66. The minimum absolute atomic E-state index is 0.103. The number of aliphatic hydroxyl groups excluding tert-OH is 1. The summed E-state index contributed by atoms with van der Waals surface area (Å²) in [5, 5.41) is 12.4. The summed E-state index contributed by atoms with van der Waals surface area (Å²) >= 11 is 0. The van der Waals surface area contributed by atoms with Gasteiger partial charge in [-0.05, 0) is 22.8 Å².